The van der Waals surface area contributed by atoms with Crippen molar-refractivity contribution in [3.8, 4) is 0 Å². The number of aliphatic carboxylic acids is 1. The van der Waals surface area contributed by atoms with Gasteiger partial charge in [0.2, 0.25) is 5.91 Å². The molecule has 1 saturated carbocycles. The topological polar surface area (TPSA) is 121 Å². The molecule has 0 aromatic carbocycles. The Morgan fingerprint density at radius 1 is 1.30 bits per heavy atom. The van der Waals surface area contributed by atoms with E-state index in [4.69, 9.17) is 0 Å². The van der Waals surface area contributed by atoms with Gasteiger partial charge < -0.3 is 15.0 Å². The van der Waals surface area contributed by atoms with E-state index in [-0.39, 0.29) is 24.8 Å². The van der Waals surface area contributed by atoms with Gasteiger partial charge in [0.15, 0.2) is 0 Å². The van der Waals surface area contributed by atoms with Crippen LogP contribution in [0.15, 0.2) is 21.9 Å². The summed E-state index contributed by atoms with van der Waals surface area (Å²) in [5, 5.41) is 11.9. The number of carbonyl (C=O) groups excluding carboxylic acids is 1. The van der Waals surface area contributed by atoms with Crippen LogP contribution in [0.5, 0.6) is 0 Å². The quantitative estimate of drug-likeness (QED) is 0.677. The summed E-state index contributed by atoms with van der Waals surface area (Å²) in [6.45, 7) is 0.505. The fourth-order valence-corrected chi connectivity index (χ4v) is 2.95. The average Bonchev–Trinajstić information content (AvgIpc) is 2.52. The van der Waals surface area contributed by atoms with Gasteiger partial charge in [-0.3, -0.25) is 19.4 Å². The summed E-state index contributed by atoms with van der Waals surface area (Å²) in [6.07, 6.45) is 4.79. The third-order valence-corrected chi connectivity index (χ3v) is 4.26. The smallest absolute Gasteiger partial charge is 0.328 e. The lowest BCUT2D eigenvalue weighted by Gasteiger charge is -2.28. The monoisotopic (exact) mass is 323 g/mol. The molecule has 8 heteroatoms. The predicted octanol–water partition coefficient (Wildman–Crippen LogP) is -0.0661. The summed E-state index contributed by atoms with van der Waals surface area (Å²) in [7, 11) is 0. The number of carbonyl (C=O) groups is 2. The van der Waals surface area contributed by atoms with Crippen LogP contribution in [0, 0.1) is 11.8 Å². The summed E-state index contributed by atoms with van der Waals surface area (Å²) in [4.78, 5) is 47.6. The zero-order valence-corrected chi connectivity index (χ0v) is 12.8. The molecule has 1 heterocycles. The fourth-order valence-electron chi connectivity index (χ4n) is 2.95. The van der Waals surface area contributed by atoms with E-state index in [1.165, 1.54) is 16.8 Å². The summed E-state index contributed by atoms with van der Waals surface area (Å²) in [5.41, 5.74) is -1.03. The van der Waals surface area contributed by atoms with Gasteiger partial charge in [0.1, 0.15) is 0 Å². The van der Waals surface area contributed by atoms with Crippen LogP contribution in [0.2, 0.25) is 0 Å². The number of amides is 1. The lowest BCUT2D eigenvalue weighted by molar-refractivity contribution is -0.145. The van der Waals surface area contributed by atoms with E-state index < -0.39 is 23.1 Å². The molecule has 0 radical (unpaired) electrons. The maximum Gasteiger partial charge on any atom is 0.328 e. The normalized spacial score (nSPS) is 20.9. The van der Waals surface area contributed by atoms with Gasteiger partial charge in [-0.05, 0) is 18.8 Å². The van der Waals surface area contributed by atoms with Crippen molar-refractivity contribution < 1.29 is 14.7 Å². The van der Waals surface area contributed by atoms with Crippen molar-refractivity contribution >= 4 is 11.9 Å². The molecule has 1 amide bonds. The Kier molecular flexibility index (Phi) is 5.72. The number of aromatic amines is 1. The molecule has 1 aromatic heterocycles. The van der Waals surface area contributed by atoms with E-state index in [0.717, 1.165) is 19.3 Å². The van der Waals surface area contributed by atoms with Gasteiger partial charge in [-0.15, -0.1) is 0 Å². The first-order chi connectivity index (χ1) is 11.0. The summed E-state index contributed by atoms with van der Waals surface area (Å²) < 4.78 is 1.25. The third kappa shape index (κ3) is 4.80. The number of aryl methyl sites for hydroxylation is 1. The third-order valence-electron chi connectivity index (χ3n) is 4.26. The Hall–Kier alpha value is -2.38. The fraction of sp³-hybridized carbons (Fsp3) is 0.600. The van der Waals surface area contributed by atoms with Gasteiger partial charge in [0, 0.05) is 31.8 Å². The molecule has 8 nitrogen and oxygen atoms in total. The molecule has 3 N–H and O–H groups in total. The number of rotatable bonds is 6. The second-order valence-electron chi connectivity index (χ2n) is 5.85. The molecule has 0 bridgehead atoms. The highest BCUT2D eigenvalue weighted by Gasteiger charge is 2.30. The van der Waals surface area contributed by atoms with Crippen molar-refractivity contribution in [2.45, 2.75) is 38.6 Å². The molecule has 1 aliphatic carbocycles. The van der Waals surface area contributed by atoms with Crippen molar-refractivity contribution in [3.05, 3.63) is 33.1 Å². The van der Waals surface area contributed by atoms with E-state index in [2.05, 4.69) is 10.3 Å². The van der Waals surface area contributed by atoms with Crippen molar-refractivity contribution in [2.24, 2.45) is 11.8 Å². The molecule has 1 fully saturated rings. The molecular formula is C15H21N3O5. The lowest BCUT2D eigenvalue weighted by atomic mass is 9.79. The van der Waals surface area contributed by atoms with E-state index in [9.17, 15) is 24.3 Å². The highest BCUT2D eigenvalue weighted by molar-refractivity contribution is 5.76. The molecule has 0 unspecified atom stereocenters. The Bertz CT molecular complexity index is 678. The minimum atomic E-state index is -0.802. The van der Waals surface area contributed by atoms with Crippen LogP contribution in [0.4, 0.5) is 0 Å². The summed E-state index contributed by atoms with van der Waals surface area (Å²) in [6, 6.07) is 1.22. The van der Waals surface area contributed by atoms with E-state index in [1.807, 2.05) is 0 Å². The number of hydrogen-bond donors (Lipinski definition) is 3. The maximum absolute atomic E-state index is 11.9. The first-order valence-electron chi connectivity index (χ1n) is 7.76. The van der Waals surface area contributed by atoms with Crippen LogP contribution in [0.1, 0.15) is 32.1 Å². The van der Waals surface area contributed by atoms with Crippen molar-refractivity contribution in [1.82, 2.24) is 14.9 Å². The van der Waals surface area contributed by atoms with Gasteiger partial charge in [0.25, 0.3) is 5.56 Å². The second-order valence-corrected chi connectivity index (χ2v) is 5.85. The minimum Gasteiger partial charge on any atom is -0.481 e. The molecule has 1 aromatic rings. The first kappa shape index (κ1) is 17.0. The average molecular weight is 323 g/mol. The number of H-pyrrole nitrogens is 1. The molecule has 23 heavy (non-hydrogen) atoms. The van der Waals surface area contributed by atoms with Gasteiger partial charge in [-0.25, -0.2) is 4.79 Å². The van der Waals surface area contributed by atoms with Gasteiger partial charge in [-0.1, -0.05) is 12.8 Å². The highest BCUT2D eigenvalue weighted by atomic mass is 16.4. The Labute approximate surface area is 132 Å². The molecule has 0 saturated heterocycles. The van der Waals surface area contributed by atoms with Crippen LogP contribution >= 0.6 is 0 Å². The highest BCUT2D eigenvalue weighted by Crippen LogP contribution is 2.29. The zero-order chi connectivity index (χ0) is 16.8. The Morgan fingerprint density at radius 2 is 2.04 bits per heavy atom. The van der Waals surface area contributed by atoms with Crippen molar-refractivity contribution in [1.29, 1.82) is 0 Å². The summed E-state index contributed by atoms with van der Waals surface area (Å²) in [5.74, 6) is -1.48. The Morgan fingerprint density at radius 3 is 2.74 bits per heavy atom. The largest absolute Gasteiger partial charge is 0.481 e. The number of carboxylic acid groups (broad SMARTS) is 1. The molecule has 2 atom stereocenters. The molecule has 126 valence electrons. The van der Waals surface area contributed by atoms with Crippen LogP contribution in [-0.4, -0.2) is 33.1 Å². The van der Waals surface area contributed by atoms with E-state index in [0.29, 0.717) is 13.0 Å². The van der Waals surface area contributed by atoms with Crippen LogP contribution in [0.3, 0.4) is 0 Å². The number of nitrogens with zero attached hydrogens (tertiary/aromatic N) is 1. The lowest BCUT2D eigenvalue weighted by Crippen LogP contribution is -2.38. The number of carboxylic acids is 1. The minimum absolute atomic E-state index is 0.0407. The van der Waals surface area contributed by atoms with Crippen molar-refractivity contribution in [2.75, 3.05) is 6.54 Å². The molecule has 1 aliphatic rings. The van der Waals surface area contributed by atoms with Crippen LogP contribution in [-0.2, 0) is 16.1 Å². The SMILES string of the molecule is O=C(CCn1ccc(=O)[nH]c1=O)NC[C@@H]1CCCC[C@@H]1C(=O)O. The molecule has 0 spiro atoms. The number of aromatic nitrogens is 2. The van der Waals surface area contributed by atoms with Crippen molar-refractivity contribution in [3.63, 3.8) is 0 Å². The van der Waals surface area contributed by atoms with Gasteiger partial charge in [0.05, 0.1) is 5.92 Å². The molecule has 2 rings (SSSR count). The predicted molar refractivity (Wildman–Crippen MR) is 82.0 cm³/mol. The van der Waals surface area contributed by atoms with Gasteiger partial charge in [-0.2, -0.15) is 0 Å². The van der Waals surface area contributed by atoms with Gasteiger partial charge >= 0.3 is 11.7 Å². The maximum atomic E-state index is 11.9. The molecule has 0 aliphatic heterocycles. The number of nitrogens with one attached hydrogen (secondary N) is 2. The van der Waals surface area contributed by atoms with Crippen LogP contribution < -0.4 is 16.6 Å². The first-order valence-corrected chi connectivity index (χ1v) is 7.76. The summed E-state index contributed by atoms with van der Waals surface area (Å²) >= 11 is 0. The Balaban J connectivity index is 1.81. The standard InChI is InChI=1S/C15H21N3O5/c19-12(5-7-18-8-6-13(20)17-15(18)23)16-9-10-3-1-2-4-11(10)14(21)22/h6,8,10-11H,1-5,7,9H2,(H,16,19)(H,21,22)(H,17,20,23)/t10-,11-/m0/s1. The number of hydrogen-bond acceptors (Lipinski definition) is 4. The van der Waals surface area contributed by atoms with E-state index >= 15 is 0 Å². The van der Waals surface area contributed by atoms with E-state index in [1.54, 1.807) is 0 Å². The van der Waals surface area contributed by atoms with Crippen LogP contribution in [0.25, 0.3) is 0 Å². The second kappa shape index (κ2) is 7.75. The molecular weight excluding hydrogens is 302 g/mol. The zero-order valence-electron chi connectivity index (χ0n) is 12.8.